The van der Waals surface area contributed by atoms with Gasteiger partial charge in [-0.25, -0.2) is 4.57 Å². The summed E-state index contributed by atoms with van der Waals surface area (Å²) in [6, 6.07) is -1.23. The number of nitrogens with one attached hydrogen (secondary N) is 1. The second-order valence-electron chi connectivity index (χ2n) is 15.0. The predicted octanol–water partition coefficient (Wildman–Crippen LogP) is 5.47. The second kappa shape index (κ2) is 30.2. The number of phosphoric acid groups is 1. The van der Waals surface area contributed by atoms with Gasteiger partial charge in [-0.2, -0.15) is 0 Å². The van der Waals surface area contributed by atoms with E-state index in [0.29, 0.717) is 12.8 Å². The molecule has 0 saturated heterocycles. The van der Waals surface area contributed by atoms with Crippen LogP contribution in [0.5, 0.6) is 0 Å². The Morgan fingerprint density at radius 2 is 1.08 bits per heavy atom. The third-order valence-corrected chi connectivity index (χ3v) is 11.1. The lowest BCUT2D eigenvalue weighted by atomic mass is 9.85. The van der Waals surface area contributed by atoms with Gasteiger partial charge in [-0.1, -0.05) is 154 Å². The Morgan fingerprint density at radius 1 is 0.660 bits per heavy atom. The monoisotopic (exact) mass is 782 g/mol. The first-order chi connectivity index (χ1) is 25.3. The zero-order valence-electron chi connectivity index (χ0n) is 32.7. The average Bonchev–Trinajstić information content (AvgIpc) is 3.12. The summed E-state index contributed by atoms with van der Waals surface area (Å²) in [6.45, 7) is 3.66. The lowest BCUT2D eigenvalue weighted by Gasteiger charge is -2.41. The summed E-state index contributed by atoms with van der Waals surface area (Å²) < 4.78 is 22.7. The number of aliphatic hydroxyl groups excluding tert-OH is 7. The first-order valence-electron chi connectivity index (χ1n) is 20.7. The van der Waals surface area contributed by atoms with Gasteiger partial charge in [-0.15, -0.1) is 0 Å². The maximum atomic E-state index is 12.9. The summed E-state index contributed by atoms with van der Waals surface area (Å²) in [5, 5.41) is 74.0. The minimum atomic E-state index is -5.13. The third-order valence-electron chi connectivity index (χ3n) is 10.1. The van der Waals surface area contributed by atoms with Crippen molar-refractivity contribution in [2.45, 2.75) is 223 Å². The van der Waals surface area contributed by atoms with Gasteiger partial charge in [-0.3, -0.25) is 13.8 Å². The molecule has 1 fully saturated rings. The lowest BCUT2D eigenvalue weighted by Crippen LogP contribution is -2.64. The smallest absolute Gasteiger partial charge is 0.393 e. The zero-order valence-corrected chi connectivity index (χ0v) is 33.6. The van der Waals surface area contributed by atoms with E-state index in [1.807, 2.05) is 0 Å². The number of hydrogen-bond donors (Lipinski definition) is 9. The molecule has 1 rings (SSSR count). The molecule has 9 N–H and O–H groups in total. The fourth-order valence-electron chi connectivity index (χ4n) is 6.65. The van der Waals surface area contributed by atoms with Crippen LogP contribution in [0.15, 0.2) is 12.2 Å². The third kappa shape index (κ3) is 23.0. The van der Waals surface area contributed by atoms with E-state index in [2.05, 4.69) is 19.2 Å². The van der Waals surface area contributed by atoms with Gasteiger partial charge in [-0.05, 0) is 19.3 Å². The molecule has 0 aromatic rings. The fraction of sp³-hybridized carbons (Fsp3) is 0.923. The number of unbranched alkanes of at least 4 members (excludes halogenated alkanes) is 20. The van der Waals surface area contributed by atoms with E-state index in [1.54, 1.807) is 6.08 Å². The Morgan fingerprint density at radius 3 is 1.55 bits per heavy atom. The number of aliphatic hydroxyl groups is 7. The minimum absolute atomic E-state index is 0.242. The maximum absolute atomic E-state index is 12.9. The van der Waals surface area contributed by atoms with E-state index >= 15 is 0 Å². The van der Waals surface area contributed by atoms with Crippen molar-refractivity contribution in [3.05, 3.63) is 12.2 Å². The van der Waals surface area contributed by atoms with Crippen molar-refractivity contribution in [2.75, 3.05) is 6.61 Å². The van der Waals surface area contributed by atoms with Crippen molar-refractivity contribution < 1.29 is 59.0 Å². The quantitative estimate of drug-likeness (QED) is 0.0230. The van der Waals surface area contributed by atoms with Gasteiger partial charge in [0.25, 0.3) is 0 Å². The van der Waals surface area contributed by atoms with Gasteiger partial charge in [0, 0.05) is 0 Å². The largest absolute Gasteiger partial charge is 0.472 e. The first-order valence-corrected chi connectivity index (χ1v) is 22.2. The van der Waals surface area contributed by atoms with Crippen molar-refractivity contribution >= 4 is 13.7 Å². The predicted molar refractivity (Wildman–Crippen MR) is 206 cm³/mol. The van der Waals surface area contributed by atoms with Crippen LogP contribution in [0.3, 0.4) is 0 Å². The average molecular weight is 782 g/mol. The molecule has 0 heterocycles. The van der Waals surface area contributed by atoms with Gasteiger partial charge in [0.1, 0.15) is 36.6 Å². The second-order valence-corrected chi connectivity index (χ2v) is 16.4. The van der Waals surface area contributed by atoms with Crippen LogP contribution in [0.2, 0.25) is 0 Å². The topological polar surface area (TPSA) is 226 Å². The van der Waals surface area contributed by atoms with E-state index in [4.69, 9.17) is 9.05 Å². The van der Waals surface area contributed by atoms with E-state index in [9.17, 15) is 50.0 Å². The summed E-state index contributed by atoms with van der Waals surface area (Å²) in [7, 11) is -5.13. The summed E-state index contributed by atoms with van der Waals surface area (Å²) in [6.07, 6.45) is 14.8. The Kier molecular flexibility index (Phi) is 28.5. The Bertz CT molecular complexity index is 974. The highest BCUT2D eigenvalue weighted by Crippen LogP contribution is 2.47. The Hall–Kier alpha value is -0.960. The first kappa shape index (κ1) is 50.1. The number of carbonyl (C=O) groups is 1. The van der Waals surface area contributed by atoms with Gasteiger partial charge in [0.05, 0.1) is 31.3 Å². The Balaban J connectivity index is 2.61. The molecule has 0 aromatic carbocycles. The highest BCUT2D eigenvalue weighted by atomic mass is 31.2. The molecule has 0 aliphatic heterocycles. The van der Waals surface area contributed by atoms with Gasteiger partial charge in [0.15, 0.2) is 0 Å². The number of phosphoric ester groups is 1. The summed E-state index contributed by atoms with van der Waals surface area (Å²) >= 11 is 0. The highest BCUT2D eigenvalue weighted by molar-refractivity contribution is 7.47. The van der Waals surface area contributed by atoms with Crippen molar-refractivity contribution in [2.24, 2.45) is 0 Å². The van der Waals surface area contributed by atoms with Crippen molar-refractivity contribution in [3.8, 4) is 0 Å². The molecule has 0 radical (unpaired) electrons. The number of amides is 1. The van der Waals surface area contributed by atoms with Crippen LogP contribution in [-0.4, -0.2) is 108 Å². The zero-order chi connectivity index (χ0) is 39.5. The van der Waals surface area contributed by atoms with Crippen LogP contribution in [0.4, 0.5) is 0 Å². The molecule has 53 heavy (non-hydrogen) atoms. The standard InChI is InChI=1S/C39H76NO12P/c1-3-5-7-9-11-12-13-14-15-16-17-18-19-21-23-25-27-32(42)31(40-33(43)28-30(41)26-24-22-20-10-8-6-4-2)29-51-53(49,50)52-39-37(47)35(45)34(44)36(46)38(39)48/h25,27,30-32,34-39,41-42,44-48H,3-24,26,28-29H2,1-2H3,(H,40,43)(H,49,50)/b27-25+. The molecule has 1 aliphatic carbocycles. The van der Waals surface area contributed by atoms with Gasteiger partial charge >= 0.3 is 7.82 Å². The van der Waals surface area contributed by atoms with Gasteiger partial charge in [0.2, 0.25) is 5.91 Å². The normalized spacial score (nSPS) is 24.9. The van der Waals surface area contributed by atoms with Crippen LogP contribution >= 0.6 is 7.82 Å². The summed E-state index contributed by atoms with van der Waals surface area (Å²) in [4.78, 5) is 23.2. The molecule has 8 atom stereocenters. The van der Waals surface area contributed by atoms with E-state index in [-0.39, 0.29) is 6.42 Å². The summed E-state index contributed by atoms with van der Waals surface area (Å²) in [5.41, 5.74) is 0. The van der Waals surface area contributed by atoms with Crippen LogP contribution in [-0.2, 0) is 18.4 Å². The summed E-state index contributed by atoms with van der Waals surface area (Å²) in [5.74, 6) is -0.597. The fourth-order valence-corrected chi connectivity index (χ4v) is 7.62. The molecule has 1 aliphatic rings. The highest BCUT2D eigenvalue weighted by Gasteiger charge is 2.51. The van der Waals surface area contributed by atoms with E-state index in [1.165, 1.54) is 96.0 Å². The molecule has 0 spiro atoms. The molecule has 14 heteroatoms. The van der Waals surface area contributed by atoms with Crippen molar-refractivity contribution in [1.29, 1.82) is 0 Å². The number of rotatable bonds is 33. The minimum Gasteiger partial charge on any atom is -0.393 e. The van der Waals surface area contributed by atoms with Crippen LogP contribution in [0.25, 0.3) is 0 Å². The molecule has 1 saturated carbocycles. The van der Waals surface area contributed by atoms with Crippen molar-refractivity contribution in [3.63, 3.8) is 0 Å². The number of allylic oxidation sites excluding steroid dienone is 1. The SMILES string of the molecule is CCCCCCCCCCCCCCCC/C=C/C(O)C(COP(=O)(O)OC1C(O)C(O)C(O)C(O)C1O)NC(=O)CC(O)CCCCCCCCC. The van der Waals surface area contributed by atoms with E-state index < -0.39 is 75.2 Å². The Labute approximate surface area is 319 Å². The maximum Gasteiger partial charge on any atom is 0.472 e. The molecule has 314 valence electrons. The van der Waals surface area contributed by atoms with Gasteiger partial charge < -0.3 is 46.0 Å². The molecular weight excluding hydrogens is 705 g/mol. The molecule has 0 aromatic heterocycles. The van der Waals surface area contributed by atoms with Crippen LogP contribution in [0.1, 0.15) is 168 Å². The molecular formula is C39H76NO12P. The number of hydrogen-bond acceptors (Lipinski definition) is 11. The van der Waals surface area contributed by atoms with E-state index in [0.717, 1.165) is 44.9 Å². The van der Waals surface area contributed by atoms with Crippen LogP contribution in [0, 0.1) is 0 Å². The van der Waals surface area contributed by atoms with Crippen LogP contribution < -0.4 is 5.32 Å². The van der Waals surface area contributed by atoms with Crippen molar-refractivity contribution in [1.82, 2.24) is 5.32 Å². The molecule has 1 amide bonds. The number of carbonyl (C=O) groups excluding carboxylic acids is 1. The molecule has 13 nitrogen and oxygen atoms in total. The molecule has 8 unspecified atom stereocenters. The lowest BCUT2D eigenvalue weighted by molar-refractivity contribution is -0.220. The molecule has 0 bridgehead atoms.